The summed E-state index contributed by atoms with van der Waals surface area (Å²) in [4.78, 5) is 31.1. The molecule has 1 aromatic heterocycles. The number of amides is 2. The van der Waals surface area contributed by atoms with E-state index < -0.39 is 6.04 Å². The molecule has 0 spiro atoms. The first-order valence-corrected chi connectivity index (χ1v) is 9.17. The van der Waals surface area contributed by atoms with E-state index in [1.807, 2.05) is 30.3 Å². The highest BCUT2D eigenvalue weighted by molar-refractivity contribution is 5.95. The van der Waals surface area contributed by atoms with E-state index >= 15 is 0 Å². The molecule has 1 atom stereocenters. The fourth-order valence-corrected chi connectivity index (χ4v) is 3.30. The van der Waals surface area contributed by atoms with Crippen LogP contribution >= 0.6 is 0 Å². The normalized spacial score (nSPS) is 13.4. The molecule has 2 amide bonds. The molecule has 2 heterocycles. The van der Waals surface area contributed by atoms with Crippen LogP contribution in [0.1, 0.15) is 56.4 Å². The molecule has 3 aromatic rings. The lowest BCUT2D eigenvalue weighted by Crippen LogP contribution is -2.28. The Labute approximate surface area is 167 Å². The molecule has 144 valence electrons. The van der Waals surface area contributed by atoms with Crippen molar-refractivity contribution in [2.75, 3.05) is 0 Å². The fourth-order valence-electron chi connectivity index (χ4n) is 3.30. The predicted molar refractivity (Wildman–Crippen MR) is 104 cm³/mol. The number of nitrogens with one attached hydrogen (secondary N) is 1. The van der Waals surface area contributed by atoms with E-state index in [2.05, 4.69) is 10.3 Å². The summed E-state index contributed by atoms with van der Waals surface area (Å²) in [5, 5.41) is 11.7. The minimum Gasteiger partial charge on any atom is -0.446 e. The van der Waals surface area contributed by atoms with Gasteiger partial charge in [0.1, 0.15) is 12.3 Å². The molecular weight excluding hydrogens is 368 g/mol. The van der Waals surface area contributed by atoms with Crippen LogP contribution in [-0.2, 0) is 13.1 Å². The van der Waals surface area contributed by atoms with E-state index in [0.717, 1.165) is 11.1 Å². The molecule has 29 heavy (non-hydrogen) atoms. The molecule has 7 nitrogen and oxygen atoms in total. The van der Waals surface area contributed by atoms with Crippen molar-refractivity contribution in [3.63, 3.8) is 0 Å². The number of fused-ring (bicyclic) bond motifs is 1. The smallest absolute Gasteiger partial charge is 0.276 e. The third-order valence-corrected chi connectivity index (χ3v) is 4.84. The van der Waals surface area contributed by atoms with Gasteiger partial charge < -0.3 is 14.6 Å². The molecule has 0 saturated carbocycles. The van der Waals surface area contributed by atoms with Crippen LogP contribution in [-0.4, -0.2) is 21.7 Å². The molecule has 4 rings (SSSR count). The number of oxazole rings is 1. The first-order chi connectivity index (χ1) is 14.0. The van der Waals surface area contributed by atoms with Crippen molar-refractivity contribution in [1.82, 2.24) is 15.2 Å². The van der Waals surface area contributed by atoms with Gasteiger partial charge in [0.2, 0.25) is 5.89 Å². The van der Waals surface area contributed by atoms with Crippen LogP contribution in [0.25, 0.3) is 0 Å². The molecule has 7 heteroatoms. The van der Waals surface area contributed by atoms with Crippen molar-refractivity contribution < 1.29 is 14.0 Å². The van der Waals surface area contributed by atoms with Gasteiger partial charge in [-0.15, -0.1) is 0 Å². The number of carbonyl (C=O) groups is 2. The van der Waals surface area contributed by atoms with E-state index in [4.69, 9.17) is 9.68 Å². The van der Waals surface area contributed by atoms with Gasteiger partial charge in [0.05, 0.1) is 11.6 Å². The molecule has 1 aliphatic rings. The summed E-state index contributed by atoms with van der Waals surface area (Å²) in [6.07, 6.45) is 1.32. The van der Waals surface area contributed by atoms with Crippen LogP contribution in [0.5, 0.6) is 0 Å². The van der Waals surface area contributed by atoms with Gasteiger partial charge in [-0.3, -0.25) is 9.59 Å². The van der Waals surface area contributed by atoms with E-state index in [1.54, 1.807) is 30.0 Å². The summed E-state index contributed by atoms with van der Waals surface area (Å²) >= 11 is 0. The van der Waals surface area contributed by atoms with Gasteiger partial charge >= 0.3 is 0 Å². The lowest BCUT2D eigenvalue weighted by Gasteiger charge is -2.13. The summed E-state index contributed by atoms with van der Waals surface area (Å²) in [6.45, 7) is 2.80. The summed E-state index contributed by atoms with van der Waals surface area (Å²) in [5.41, 5.74) is 3.24. The third-order valence-electron chi connectivity index (χ3n) is 4.84. The maximum absolute atomic E-state index is 12.8. The summed E-state index contributed by atoms with van der Waals surface area (Å²) in [5.74, 6) is -0.318. The van der Waals surface area contributed by atoms with Gasteiger partial charge in [-0.05, 0) is 36.2 Å². The number of aromatic nitrogens is 1. The molecule has 0 unspecified atom stereocenters. The zero-order chi connectivity index (χ0) is 20.4. The lowest BCUT2D eigenvalue weighted by molar-refractivity contribution is 0.0745. The van der Waals surface area contributed by atoms with Crippen LogP contribution < -0.4 is 5.32 Å². The van der Waals surface area contributed by atoms with Gasteiger partial charge in [0, 0.05) is 18.7 Å². The highest BCUT2D eigenvalue weighted by Gasteiger charge is 2.27. The Kier molecular flexibility index (Phi) is 4.83. The van der Waals surface area contributed by atoms with Gasteiger partial charge in [-0.2, -0.15) is 5.26 Å². The molecule has 0 radical (unpaired) electrons. The van der Waals surface area contributed by atoms with Crippen molar-refractivity contribution in [3.8, 4) is 6.07 Å². The number of benzene rings is 2. The van der Waals surface area contributed by atoms with Gasteiger partial charge in [-0.25, -0.2) is 4.98 Å². The topological polar surface area (TPSA) is 99.2 Å². The molecule has 1 aliphatic heterocycles. The standard InChI is InChI=1S/C22H18N4O3/c1-14(24-20(27)16-8-4-5-15(9-16)10-23)21-25-19(13-29-21)22(28)26-11-17-6-2-3-7-18(17)12-26/h2-9,13-14H,11-12H2,1H3,(H,24,27)/t14-/m1/s1. The lowest BCUT2D eigenvalue weighted by atomic mass is 10.1. The summed E-state index contributed by atoms with van der Waals surface area (Å²) < 4.78 is 5.44. The van der Waals surface area contributed by atoms with Gasteiger partial charge in [0.25, 0.3) is 11.8 Å². The van der Waals surface area contributed by atoms with Crippen molar-refractivity contribution in [2.24, 2.45) is 0 Å². The van der Waals surface area contributed by atoms with Crippen molar-refractivity contribution in [2.45, 2.75) is 26.1 Å². The highest BCUT2D eigenvalue weighted by Crippen LogP contribution is 2.24. The second-order valence-corrected chi connectivity index (χ2v) is 6.89. The maximum Gasteiger partial charge on any atom is 0.276 e. The van der Waals surface area contributed by atoms with Crippen LogP contribution in [0.15, 0.2) is 59.2 Å². The van der Waals surface area contributed by atoms with Gasteiger partial charge in [0.15, 0.2) is 5.69 Å². The number of hydrogen-bond acceptors (Lipinski definition) is 5. The second kappa shape index (κ2) is 7.60. The third kappa shape index (κ3) is 3.73. The minimum absolute atomic E-state index is 0.209. The van der Waals surface area contributed by atoms with Crippen LogP contribution in [0.2, 0.25) is 0 Å². The van der Waals surface area contributed by atoms with E-state index in [-0.39, 0.29) is 23.4 Å². The molecule has 1 N–H and O–H groups in total. The Bertz CT molecular complexity index is 1100. The van der Waals surface area contributed by atoms with E-state index in [1.165, 1.54) is 12.3 Å². The summed E-state index contributed by atoms with van der Waals surface area (Å²) in [6, 6.07) is 15.8. The van der Waals surface area contributed by atoms with Crippen molar-refractivity contribution >= 4 is 11.8 Å². The molecule has 0 saturated heterocycles. The molecular formula is C22H18N4O3. The molecule has 2 aromatic carbocycles. The average Bonchev–Trinajstić information content (AvgIpc) is 3.40. The van der Waals surface area contributed by atoms with Crippen LogP contribution in [0, 0.1) is 11.3 Å². The van der Waals surface area contributed by atoms with Crippen LogP contribution in [0.3, 0.4) is 0 Å². The zero-order valence-corrected chi connectivity index (χ0v) is 15.8. The monoisotopic (exact) mass is 386 g/mol. The molecule has 0 aliphatic carbocycles. The van der Waals surface area contributed by atoms with Gasteiger partial charge in [-0.1, -0.05) is 30.3 Å². The molecule has 0 fully saturated rings. The number of rotatable bonds is 4. The fraction of sp³-hybridized carbons (Fsp3) is 0.182. The van der Waals surface area contributed by atoms with E-state index in [9.17, 15) is 9.59 Å². The highest BCUT2D eigenvalue weighted by atomic mass is 16.3. The van der Waals surface area contributed by atoms with Crippen molar-refractivity contribution in [3.05, 3.63) is 88.6 Å². The first kappa shape index (κ1) is 18.4. The maximum atomic E-state index is 12.8. The Morgan fingerprint density at radius 2 is 1.90 bits per heavy atom. The average molecular weight is 386 g/mol. The Morgan fingerprint density at radius 3 is 2.59 bits per heavy atom. The van der Waals surface area contributed by atoms with E-state index in [0.29, 0.717) is 24.2 Å². The second-order valence-electron chi connectivity index (χ2n) is 6.89. The first-order valence-electron chi connectivity index (χ1n) is 9.17. The zero-order valence-electron chi connectivity index (χ0n) is 15.8. The number of hydrogen-bond donors (Lipinski definition) is 1. The quantitative estimate of drug-likeness (QED) is 0.742. The Hall–Kier alpha value is -3.92. The Balaban J connectivity index is 1.43. The minimum atomic E-state index is -0.537. The molecule has 0 bridgehead atoms. The number of nitriles is 1. The largest absolute Gasteiger partial charge is 0.446 e. The Morgan fingerprint density at radius 1 is 1.17 bits per heavy atom. The summed E-state index contributed by atoms with van der Waals surface area (Å²) in [7, 11) is 0. The predicted octanol–water partition coefficient (Wildman–Crippen LogP) is 3.19. The number of nitrogens with zero attached hydrogens (tertiary/aromatic N) is 3. The van der Waals surface area contributed by atoms with Crippen molar-refractivity contribution in [1.29, 1.82) is 5.26 Å². The SMILES string of the molecule is C[C@@H](NC(=O)c1cccc(C#N)c1)c1nc(C(=O)N2Cc3ccccc3C2)co1. The van der Waals surface area contributed by atoms with Crippen LogP contribution in [0.4, 0.5) is 0 Å². The number of carbonyl (C=O) groups excluding carboxylic acids is 2.